The Labute approximate surface area is 88.4 Å². The van der Waals surface area contributed by atoms with Gasteiger partial charge in [-0.05, 0) is 25.7 Å². The van der Waals surface area contributed by atoms with Crippen molar-refractivity contribution in [2.75, 3.05) is 0 Å². The van der Waals surface area contributed by atoms with E-state index in [0.29, 0.717) is 6.42 Å². The van der Waals surface area contributed by atoms with Crippen LogP contribution in [0.3, 0.4) is 0 Å². The van der Waals surface area contributed by atoms with Gasteiger partial charge in [-0.25, -0.2) is 0 Å². The van der Waals surface area contributed by atoms with Gasteiger partial charge >= 0.3 is 5.97 Å². The average molecular weight is 209 g/mol. The number of carbonyl (C=O) groups is 2. The fourth-order valence-corrected chi connectivity index (χ4v) is 1.99. The van der Waals surface area contributed by atoms with E-state index in [2.05, 4.69) is 17.5 Å². The number of aliphatic carboxylic acids is 1. The van der Waals surface area contributed by atoms with Crippen LogP contribution in [0.25, 0.3) is 0 Å². The SMILES string of the molecule is O=C(O)[C@H]1C[C@H]1C(=O)NC1CC=CCC1. The summed E-state index contributed by atoms with van der Waals surface area (Å²) in [5.41, 5.74) is 0. The fourth-order valence-electron chi connectivity index (χ4n) is 1.99. The quantitative estimate of drug-likeness (QED) is 0.679. The zero-order chi connectivity index (χ0) is 10.8. The molecule has 15 heavy (non-hydrogen) atoms. The Bertz CT molecular complexity index is 311. The summed E-state index contributed by atoms with van der Waals surface area (Å²) < 4.78 is 0. The number of carboxylic acid groups (broad SMARTS) is 1. The zero-order valence-electron chi connectivity index (χ0n) is 8.48. The molecule has 1 saturated carbocycles. The minimum atomic E-state index is -0.848. The minimum absolute atomic E-state index is 0.0808. The number of hydrogen-bond donors (Lipinski definition) is 2. The molecule has 0 aromatic rings. The van der Waals surface area contributed by atoms with Crippen LogP contribution in [0.1, 0.15) is 25.7 Å². The fraction of sp³-hybridized carbons (Fsp3) is 0.636. The summed E-state index contributed by atoms with van der Waals surface area (Å²) in [6.07, 6.45) is 7.51. The molecule has 3 atom stereocenters. The Balaban J connectivity index is 1.78. The van der Waals surface area contributed by atoms with Crippen LogP contribution < -0.4 is 5.32 Å². The van der Waals surface area contributed by atoms with Gasteiger partial charge < -0.3 is 10.4 Å². The highest BCUT2D eigenvalue weighted by molar-refractivity contribution is 5.89. The summed E-state index contributed by atoms with van der Waals surface area (Å²) in [5, 5.41) is 11.6. The maximum atomic E-state index is 11.6. The Morgan fingerprint density at radius 1 is 1.27 bits per heavy atom. The van der Waals surface area contributed by atoms with Crippen molar-refractivity contribution in [1.82, 2.24) is 5.32 Å². The Morgan fingerprint density at radius 3 is 2.60 bits per heavy atom. The molecule has 2 rings (SSSR count). The van der Waals surface area contributed by atoms with E-state index in [9.17, 15) is 9.59 Å². The van der Waals surface area contributed by atoms with Crippen LogP contribution in [0.4, 0.5) is 0 Å². The molecule has 0 bridgehead atoms. The van der Waals surface area contributed by atoms with Crippen LogP contribution >= 0.6 is 0 Å². The standard InChI is InChI=1S/C11H15NO3/c13-10(8-6-9(8)11(14)15)12-7-4-2-1-3-5-7/h1-2,7-9H,3-6H2,(H,12,13)(H,14,15)/t7?,8-,9+/m1/s1. The van der Waals surface area contributed by atoms with E-state index in [1.54, 1.807) is 0 Å². The lowest BCUT2D eigenvalue weighted by molar-refractivity contribution is -0.140. The van der Waals surface area contributed by atoms with Gasteiger partial charge in [-0.3, -0.25) is 9.59 Å². The topological polar surface area (TPSA) is 66.4 Å². The van der Waals surface area contributed by atoms with Crippen LogP contribution in [0.2, 0.25) is 0 Å². The van der Waals surface area contributed by atoms with Gasteiger partial charge in [0.2, 0.25) is 5.91 Å². The number of allylic oxidation sites excluding steroid dienone is 1. The third kappa shape index (κ3) is 2.37. The van der Waals surface area contributed by atoms with E-state index >= 15 is 0 Å². The number of carbonyl (C=O) groups excluding carboxylic acids is 1. The number of hydrogen-bond acceptors (Lipinski definition) is 2. The second-order valence-electron chi connectivity index (χ2n) is 4.28. The monoisotopic (exact) mass is 209 g/mol. The van der Waals surface area contributed by atoms with E-state index in [0.717, 1.165) is 19.3 Å². The molecule has 1 fully saturated rings. The van der Waals surface area contributed by atoms with Crippen molar-refractivity contribution >= 4 is 11.9 Å². The highest BCUT2D eigenvalue weighted by Crippen LogP contribution is 2.38. The number of carboxylic acids is 1. The highest BCUT2D eigenvalue weighted by Gasteiger charge is 2.48. The van der Waals surface area contributed by atoms with Gasteiger partial charge in [-0.2, -0.15) is 0 Å². The molecule has 0 aromatic heterocycles. The number of rotatable bonds is 3. The summed E-state index contributed by atoms with van der Waals surface area (Å²) in [5.74, 6) is -1.65. The molecule has 82 valence electrons. The van der Waals surface area contributed by atoms with Gasteiger partial charge in [0.15, 0.2) is 0 Å². The molecule has 1 amide bonds. The summed E-state index contributed by atoms with van der Waals surface area (Å²) in [6.45, 7) is 0. The summed E-state index contributed by atoms with van der Waals surface area (Å²) in [7, 11) is 0. The average Bonchev–Trinajstić information content (AvgIpc) is 2.98. The van der Waals surface area contributed by atoms with E-state index in [1.807, 2.05) is 0 Å². The van der Waals surface area contributed by atoms with Crippen molar-refractivity contribution in [3.05, 3.63) is 12.2 Å². The highest BCUT2D eigenvalue weighted by atomic mass is 16.4. The Hall–Kier alpha value is -1.32. The molecule has 2 aliphatic carbocycles. The molecule has 0 saturated heterocycles. The van der Waals surface area contributed by atoms with Gasteiger partial charge in [0.05, 0.1) is 11.8 Å². The van der Waals surface area contributed by atoms with E-state index in [-0.39, 0.29) is 17.9 Å². The Kier molecular flexibility index (Phi) is 2.75. The van der Waals surface area contributed by atoms with Gasteiger partial charge in [0, 0.05) is 6.04 Å². The van der Waals surface area contributed by atoms with Crippen molar-refractivity contribution in [3.63, 3.8) is 0 Å². The molecule has 0 heterocycles. The molecule has 4 heteroatoms. The lowest BCUT2D eigenvalue weighted by Crippen LogP contribution is -2.36. The van der Waals surface area contributed by atoms with Crippen LogP contribution in [0.5, 0.6) is 0 Å². The van der Waals surface area contributed by atoms with Gasteiger partial charge in [-0.15, -0.1) is 0 Å². The third-order valence-electron chi connectivity index (χ3n) is 3.06. The lowest BCUT2D eigenvalue weighted by Gasteiger charge is -2.19. The molecule has 0 aliphatic heterocycles. The van der Waals surface area contributed by atoms with E-state index < -0.39 is 11.9 Å². The first-order valence-corrected chi connectivity index (χ1v) is 5.36. The Morgan fingerprint density at radius 2 is 2.07 bits per heavy atom. The van der Waals surface area contributed by atoms with Crippen molar-refractivity contribution in [2.24, 2.45) is 11.8 Å². The molecule has 2 N–H and O–H groups in total. The molecule has 0 radical (unpaired) electrons. The first-order chi connectivity index (χ1) is 7.18. The minimum Gasteiger partial charge on any atom is -0.481 e. The number of nitrogens with one attached hydrogen (secondary N) is 1. The van der Waals surface area contributed by atoms with Crippen molar-refractivity contribution < 1.29 is 14.7 Å². The zero-order valence-corrected chi connectivity index (χ0v) is 8.48. The normalized spacial score (nSPS) is 33.5. The van der Waals surface area contributed by atoms with Crippen LogP contribution in [-0.4, -0.2) is 23.0 Å². The molecule has 4 nitrogen and oxygen atoms in total. The van der Waals surface area contributed by atoms with Crippen LogP contribution in [-0.2, 0) is 9.59 Å². The first-order valence-electron chi connectivity index (χ1n) is 5.36. The van der Waals surface area contributed by atoms with E-state index in [1.165, 1.54) is 0 Å². The molecule has 0 aromatic carbocycles. The summed E-state index contributed by atoms with van der Waals surface area (Å²) in [6, 6.07) is 0.206. The second kappa shape index (κ2) is 4.04. The smallest absolute Gasteiger partial charge is 0.307 e. The van der Waals surface area contributed by atoms with Crippen LogP contribution in [0, 0.1) is 11.8 Å². The maximum absolute atomic E-state index is 11.6. The van der Waals surface area contributed by atoms with Crippen molar-refractivity contribution in [3.8, 4) is 0 Å². The molecule has 0 spiro atoms. The third-order valence-corrected chi connectivity index (χ3v) is 3.06. The van der Waals surface area contributed by atoms with Crippen molar-refractivity contribution in [2.45, 2.75) is 31.7 Å². The maximum Gasteiger partial charge on any atom is 0.307 e. The molecular weight excluding hydrogens is 194 g/mol. The summed E-state index contributed by atoms with van der Waals surface area (Å²) >= 11 is 0. The van der Waals surface area contributed by atoms with Gasteiger partial charge in [0.1, 0.15) is 0 Å². The van der Waals surface area contributed by atoms with Crippen LogP contribution in [0.15, 0.2) is 12.2 Å². The van der Waals surface area contributed by atoms with Gasteiger partial charge in [-0.1, -0.05) is 12.2 Å². The summed E-state index contributed by atoms with van der Waals surface area (Å²) in [4.78, 5) is 22.2. The predicted molar refractivity (Wildman–Crippen MR) is 54.2 cm³/mol. The van der Waals surface area contributed by atoms with Crippen molar-refractivity contribution in [1.29, 1.82) is 0 Å². The molecule has 2 aliphatic rings. The second-order valence-corrected chi connectivity index (χ2v) is 4.28. The predicted octanol–water partition coefficient (Wildman–Crippen LogP) is 0.932. The lowest BCUT2D eigenvalue weighted by atomic mass is 10.0. The largest absolute Gasteiger partial charge is 0.481 e. The molecule has 1 unspecified atom stereocenters. The first kappa shape index (κ1) is 10.2. The molecular formula is C11H15NO3. The number of amides is 1. The van der Waals surface area contributed by atoms with E-state index in [4.69, 9.17) is 5.11 Å². The van der Waals surface area contributed by atoms with Gasteiger partial charge in [0.25, 0.3) is 0 Å².